The first-order chi connectivity index (χ1) is 28.3. The molecular formula is C54H34N2S. The molecule has 3 heteroatoms. The molecule has 0 unspecified atom stereocenters. The van der Waals surface area contributed by atoms with Crippen LogP contribution in [-0.4, -0.2) is 9.13 Å². The third-order valence-corrected chi connectivity index (χ3v) is 12.9. The Hall–Kier alpha value is -7.20. The van der Waals surface area contributed by atoms with E-state index in [-0.39, 0.29) is 0 Å². The Balaban J connectivity index is 1.09. The number of thiophene rings is 1. The van der Waals surface area contributed by atoms with Crippen LogP contribution in [0.15, 0.2) is 206 Å². The number of hydrogen-bond donors (Lipinski definition) is 0. The average molecular weight is 743 g/mol. The lowest BCUT2D eigenvalue weighted by atomic mass is 9.98. The van der Waals surface area contributed by atoms with Gasteiger partial charge in [-0.3, -0.25) is 0 Å². The summed E-state index contributed by atoms with van der Waals surface area (Å²) in [5.41, 5.74) is 14.5. The number of fused-ring (bicyclic) bond motifs is 9. The van der Waals surface area contributed by atoms with Crippen molar-refractivity contribution in [2.75, 3.05) is 0 Å². The first-order valence-corrected chi connectivity index (χ1v) is 20.3. The van der Waals surface area contributed by atoms with Gasteiger partial charge in [0.1, 0.15) is 0 Å². The van der Waals surface area contributed by atoms with Gasteiger partial charge >= 0.3 is 0 Å². The fourth-order valence-electron chi connectivity index (χ4n) is 9.09. The second-order valence-electron chi connectivity index (χ2n) is 14.9. The van der Waals surface area contributed by atoms with Gasteiger partial charge < -0.3 is 9.13 Å². The smallest absolute Gasteiger partial charge is 0.0541 e. The van der Waals surface area contributed by atoms with E-state index in [0.29, 0.717) is 0 Å². The number of benzene rings is 9. The maximum atomic E-state index is 2.45. The van der Waals surface area contributed by atoms with E-state index < -0.39 is 0 Å². The van der Waals surface area contributed by atoms with E-state index in [2.05, 4.69) is 215 Å². The zero-order chi connectivity index (χ0) is 37.5. The second-order valence-corrected chi connectivity index (χ2v) is 16.0. The molecule has 0 bridgehead atoms. The molecule has 0 aliphatic heterocycles. The van der Waals surface area contributed by atoms with E-state index in [1.54, 1.807) is 0 Å². The molecule has 0 aliphatic carbocycles. The lowest BCUT2D eigenvalue weighted by Gasteiger charge is -2.11. The fourth-order valence-corrected chi connectivity index (χ4v) is 10.3. The third-order valence-electron chi connectivity index (χ3n) is 11.7. The van der Waals surface area contributed by atoms with E-state index >= 15 is 0 Å². The molecule has 0 saturated heterocycles. The largest absolute Gasteiger partial charge is 0.309 e. The predicted molar refractivity (Wildman–Crippen MR) is 244 cm³/mol. The molecule has 3 heterocycles. The van der Waals surface area contributed by atoms with Crippen molar-refractivity contribution in [2.45, 2.75) is 0 Å². The van der Waals surface area contributed by atoms with Crippen molar-refractivity contribution in [3.63, 3.8) is 0 Å². The van der Waals surface area contributed by atoms with Crippen LogP contribution in [0.2, 0.25) is 0 Å². The monoisotopic (exact) mass is 742 g/mol. The molecular weight excluding hydrogens is 709 g/mol. The van der Waals surface area contributed by atoms with Gasteiger partial charge in [-0.25, -0.2) is 0 Å². The molecule has 0 amide bonds. The van der Waals surface area contributed by atoms with Crippen LogP contribution in [0.4, 0.5) is 0 Å². The first kappa shape index (κ1) is 32.1. The van der Waals surface area contributed by atoms with Gasteiger partial charge in [0.15, 0.2) is 0 Å². The molecule has 0 atom stereocenters. The molecule has 0 aliphatic rings. The number of rotatable bonds is 5. The lowest BCUT2D eigenvalue weighted by molar-refractivity contribution is 1.18. The summed E-state index contributed by atoms with van der Waals surface area (Å²) in [6.07, 6.45) is 0. The van der Waals surface area contributed by atoms with Crippen LogP contribution in [0, 0.1) is 0 Å². The highest BCUT2D eigenvalue weighted by atomic mass is 32.1. The van der Waals surface area contributed by atoms with E-state index in [1.807, 2.05) is 11.3 Å². The lowest BCUT2D eigenvalue weighted by Crippen LogP contribution is -1.94. The van der Waals surface area contributed by atoms with E-state index in [9.17, 15) is 0 Å². The summed E-state index contributed by atoms with van der Waals surface area (Å²) in [7, 11) is 0. The fraction of sp³-hybridized carbons (Fsp3) is 0. The molecule has 2 nitrogen and oxygen atoms in total. The van der Waals surface area contributed by atoms with Crippen molar-refractivity contribution in [3.05, 3.63) is 206 Å². The molecule has 9 aromatic carbocycles. The zero-order valence-electron chi connectivity index (χ0n) is 30.9. The highest BCUT2D eigenvalue weighted by Crippen LogP contribution is 2.43. The number of nitrogens with zero attached hydrogens (tertiary/aromatic N) is 2. The Morgan fingerprint density at radius 3 is 1.53 bits per heavy atom. The van der Waals surface area contributed by atoms with Crippen molar-refractivity contribution in [2.24, 2.45) is 0 Å². The standard InChI is InChI=1S/C54H34N2S/c1-3-13-35(14-4-1)36-15-11-18-41(31-36)56-51-29-26-38(37-25-28-50-46(32-37)43-19-7-9-23-49(43)55(50)40-16-5-2-6-17-40)33-47(51)48-34-39(27-30-52(48)56)42-21-12-22-45-44-20-8-10-24-53(44)57-54(42)45/h1-34H. The molecule has 0 N–H and O–H groups in total. The Labute approximate surface area is 333 Å². The molecule has 0 saturated carbocycles. The van der Waals surface area contributed by atoms with Gasteiger partial charge in [-0.2, -0.15) is 0 Å². The highest BCUT2D eigenvalue weighted by molar-refractivity contribution is 7.26. The summed E-state index contributed by atoms with van der Waals surface area (Å²) in [4.78, 5) is 0. The van der Waals surface area contributed by atoms with Gasteiger partial charge in [-0.05, 0) is 106 Å². The maximum absolute atomic E-state index is 2.45. The summed E-state index contributed by atoms with van der Waals surface area (Å²) < 4.78 is 7.49. The Bertz CT molecular complexity index is 3510. The summed E-state index contributed by atoms with van der Waals surface area (Å²) in [5, 5.41) is 7.64. The third kappa shape index (κ3) is 5.03. The average Bonchev–Trinajstić information content (AvgIpc) is 3.94. The molecule has 57 heavy (non-hydrogen) atoms. The minimum Gasteiger partial charge on any atom is -0.309 e. The van der Waals surface area contributed by atoms with Crippen LogP contribution in [0.25, 0.3) is 109 Å². The van der Waals surface area contributed by atoms with Gasteiger partial charge in [0.25, 0.3) is 0 Å². The van der Waals surface area contributed by atoms with Crippen molar-refractivity contribution in [1.82, 2.24) is 9.13 Å². The Morgan fingerprint density at radius 2 is 0.772 bits per heavy atom. The van der Waals surface area contributed by atoms with Gasteiger partial charge in [-0.1, -0.05) is 133 Å². The molecule has 12 aromatic rings. The molecule has 0 radical (unpaired) electrons. The molecule has 266 valence electrons. The van der Waals surface area contributed by atoms with Gasteiger partial charge in [0, 0.05) is 53.1 Å². The zero-order valence-corrected chi connectivity index (χ0v) is 31.7. The van der Waals surface area contributed by atoms with Crippen LogP contribution in [-0.2, 0) is 0 Å². The van der Waals surface area contributed by atoms with Crippen molar-refractivity contribution in [3.8, 4) is 44.8 Å². The number of aromatic nitrogens is 2. The second kappa shape index (κ2) is 12.7. The minimum absolute atomic E-state index is 1.15. The quantitative estimate of drug-likeness (QED) is 0.166. The Morgan fingerprint density at radius 1 is 0.281 bits per heavy atom. The Kier molecular flexibility index (Phi) is 7.13. The SMILES string of the molecule is c1ccc(-c2cccc(-n3c4ccc(-c5ccc6c(c5)c5ccccc5n6-c5ccccc5)cc4c4cc(-c5cccc6c5sc5ccccc56)ccc43)c2)cc1. The topological polar surface area (TPSA) is 9.86 Å². The summed E-state index contributed by atoms with van der Waals surface area (Å²) >= 11 is 1.89. The molecule has 0 fully saturated rings. The van der Waals surface area contributed by atoms with E-state index in [4.69, 9.17) is 0 Å². The molecule has 0 spiro atoms. The number of para-hydroxylation sites is 2. The van der Waals surface area contributed by atoms with E-state index in [0.717, 1.165) is 5.69 Å². The highest BCUT2D eigenvalue weighted by Gasteiger charge is 2.18. The van der Waals surface area contributed by atoms with E-state index in [1.165, 1.54) is 103 Å². The summed E-state index contributed by atoms with van der Waals surface area (Å²) in [6.45, 7) is 0. The van der Waals surface area contributed by atoms with Gasteiger partial charge in [0.2, 0.25) is 0 Å². The predicted octanol–water partition coefficient (Wildman–Crippen LogP) is 15.2. The van der Waals surface area contributed by atoms with Crippen molar-refractivity contribution < 1.29 is 0 Å². The number of hydrogen-bond acceptors (Lipinski definition) is 1. The van der Waals surface area contributed by atoms with Crippen LogP contribution in [0.3, 0.4) is 0 Å². The normalized spacial score (nSPS) is 11.9. The summed E-state index contributed by atoms with van der Waals surface area (Å²) in [5.74, 6) is 0. The molecule has 3 aromatic heterocycles. The van der Waals surface area contributed by atoms with Crippen molar-refractivity contribution in [1.29, 1.82) is 0 Å². The summed E-state index contributed by atoms with van der Waals surface area (Å²) in [6, 6.07) is 75.7. The van der Waals surface area contributed by atoms with Crippen molar-refractivity contribution >= 4 is 75.1 Å². The minimum atomic E-state index is 1.15. The van der Waals surface area contributed by atoms with Crippen LogP contribution >= 0.6 is 11.3 Å². The van der Waals surface area contributed by atoms with Gasteiger partial charge in [-0.15, -0.1) is 11.3 Å². The van der Waals surface area contributed by atoms with Crippen LogP contribution < -0.4 is 0 Å². The van der Waals surface area contributed by atoms with Gasteiger partial charge in [0.05, 0.1) is 22.1 Å². The van der Waals surface area contributed by atoms with Crippen LogP contribution in [0.1, 0.15) is 0 Å². The maximum Gasteiger partial charge on any atom is 0.0541 e. The first-order valence-electron chi connectivity index (χ1n) is 19.5. The molecule has 12 rings (SSSR count). The van der Waals surface area contributed by atoms with Crippen LogP contribution in [0.5, 0.6) is 0 Å².